The van der Waals surface area contributed by atoms with E-state index in [9.17, 15) is 4.79 Å². The van der Waals surface area contributed by atoms with Gasteiger partial charge in [0.15, 0.2) is 5.11 Å². The molecule has 2 aromatic carbocycles. The fourth-order valence-electron chi connectivity index (χ4n) is 2.45. The van der Waals surface area contributed by atoms with E-state index in [1.807, 2.05) is 18.2 Å². The first-order valence-corrected chi connectivity index (χ1v) is 7.20. The van der Waals surface area contributed by atoms with Crippen molar-refractivity contribution < 1.29 is 4.79 Å². The third kappa shape index (κ3) is 3.05. The summed E-state index contributed by atoms with van der Waals surface area (Å²) in [4.78, 5) is 10.7. The molecule has 0 radical (unpaired) electrons. The number of rotatable bonds is 2. The number of thiocarbonyl (C=S) groups is 1. The summed E-state index contributed by atoms with van der Waals surface area (Å²) in [7, 11) is 0. The van der Waals surface area contributed by atoms with E-state index in [1.54, 1.807) is 0 Å². The average molecular weight is 300 g/mol. The minimum absolute atomic E-state index is 0.290. The van der Waals surface area contributed by atoms with Gasteiger partial charge in [0.2, 0.25) is 0 Å². The number of carbonyl (C=O) groups excluding carboxylic acids is 1. The number of amides is 2. The van der Waals surface area contributed by atoms with Crippen LogP contribution in [-0.2, 0) is 0 Å². The number of hydrogen-bond acceptors (Lipinski definition) is 2. The minimum Gasteiger partial charge on any atom is -0.350 e. The molecule has 1 aliphatic rings. The normalized spacial score (nSPS) is 13.7. The van der Waals surface area contributed by atoms with Crippen molar-refractivity contribution >= 4 is 39.8 Å². The Morgan fingerprint density at radius 3 is 2.48 bits per heavy atom. The Morgan fingerprint density at radius 2 is 1.81 bits per heavy atom. The number of urea groups is 1. The molecule has 2 amide bonds. The van der Waals surface area contributed by atoms with Crippen LogP contribution < -0.4 is 21.9 Å². The highest BCUT2D eigenvalue weighted by Gasteiger charge is 2.25. The molecule has 0 atom stereocenters. The Hall–Kier alpha value is -2.34. The molecule has 0 unspecified atom stereocenters. The third-order valence-corrected chi connectivity index (χ3v) is 3.73. The van der Waals surface area contributed by atoms with Gasteiger partial charge in [0, 0.05) is 11.1 Å². The van der Waals surface area contributed by atoms with Gasteiger partial charge in [-0.1, -0.05) is 30.3 Å². The molecule has 0 spiro atoms. The van der Waals surface area contributed by atoms with Gasteiger partial charge in [-0.2, -0.15) is 0 Å². The number of anilines is 1. The Labute approximate surface area is 127 Å². The number of primary amides is 1. The summed E-state index contributed by atoms with van der Waals surface area (Å²) in [5, 5.41) is 5.73. The molecule has 0 heterocycles. The quantitative estimate of drug-likeness (QED) is 0.508. The number of hydrogen-bond donors (Lipinski definition) is 4. The minimum atomic E-state index is -0.687. The lowest BCUT2D eigenvalue weighted by molar-refractivity contribution is 0.247. The van der Waals surface area contributed by atoms with E-state index in [2.05, 4.69) is 34.4 Å². The van der Waals surface area contributed by atoms with Crippen molar-refractivity contribution in [3.8, 4) is 0 Å². The van der Waals surface area contributed by atoms with E-state index in [1.165, 1.54) is 23.8 Å². The molecule has 3 rings (SSSR count). The van der Waals surface area contributed by atoms with Gasteiger partial charge in [0.1, 0.15) is 0 Å². The van der Waals surface area contributed by atoms with Crippen molar-refractivity contribution in [2.45, 2.75) is 18.8 Å². The van der Waals surface area contributed by atoms with Crippen LogP contribution in [-0.4, -0.2) is 11.1 Å². The van der Waals surface area contributed by atoms with Crippen LogP contribution in [0, 0.1) is 0 Å². The lowest BCUT2D eigenvalue weighted by Crippen LogP contribution is -2.46. The van der Waals surface area contributed by atoms with Crippen LogP contribution >= 0.6 is 12.2 Å². The second-order valence-corrected chi connectivity index (χ2v) is 5.50. The summed E-state index contributed by atoms with van der Waals surface area (Å²) in [5.74, 6) is 0.686. The number of fused-ring (bicyclic) bond motifs is 1. The second-order valence-electron chi connectivity index (χ2n) is 5.09. The standard InChI is InChI=1S/C15H16N4OS/c16-14(20)18-19-15(21)17-13-8-7-10(9-5-6-9)11-3-1-2-4-12(11)13/h1-4,7-9H,5-6H2,(H3,16,18,20)(H2,17,19,21). The van der Waals surface area contributed by atoms with Crippen molar-refractivity contribution in [3.05, 3.63) is 42.0 Å². The molecule has 6 heteroatoms. The molecule has 1 saturated carbocycles. The second kappa shape index (κ2) is 5.57. The Kier molecular flexibility index (Phi) is 3.62. The first-order valence-electron chi connectivity index (χ1n) is 6.79. The van der Waals surface area contributed by atoms with E-state index in [-0.39, 0.29) is 5.11 Å². The van der Waals surface area contributed by atoms with Crippen LogP contribution in [0.5, 0.6) is 0 Å². The van der Waals surface area contributed by atoms with E-state index >= 15 is 0 Å². The maximum absolute atomic E-state index is 10.7. The molecule has 21 heavy (non-hydrogen) atoms. The molecule has 1 aliphatic carbocycles. The highest BCUT2D eigenvalue weighted by Crippen LogP contribution is 2.44. The maximum atomic E-state index is 10.7. The molecule has 0 aliphatic heterocycles. The summed E-state index contributed by atoms with van der Waals surface area (Å²) < 4.78 is 0. The van der Waals surface area contributed by atoms with Gasteiger partial charge >= 0.3 is 6.03 Å². The molecule has 0 saturated heterocycles. The van der Waals surface area contributed by atoms with E-state index in [0.29, 0.717) is 5.92 Å². The van der Waals surface area contributed by atoms with Gasteiger partial charge in [0.05, 0.1) is 0 Å². The van der Waals surface area contributed by atoms with Crippen LogP contribution in [0.25, 0.3) is 10.8 Å². The van der Waals surface area contributed by atoms with Gasteiger partial charge in [-0.25, -0.2) is 10.2 Å². The fraction of sp³-hybridized carbons (Fsp3) is 0.200. The summed E-state index contributed by atoms with van der Waals surface area (Å²) in [6, 6.07) is 11.7. The van der Waals surface area contributed by atoms with Crippen LogP contribution in [0.1, 0.15) is 24.3 Å². The Morgan fingerprint density at radius 1 is 1.10 bits per heavy atom. The van der Waals surface area contributed by atoms with Gasteiger partial charge in [-0.15, -0.1) is 0 Å². The topological polar surface area (TPSA) is 79.2 Å². The molecule has 5 N–H and O–H groups in total. The zero-order valence-corrected chi connectivity index (χ0v) is 12.2. The van der Waals surface area contributed by atoms with Crippen molar-refractivity contribution in [3.63, 3.8) is 0 Å². The van der Waals surface area contributed by atoms with Crippen molar-refractivity contribution in [2.75, 3.05) is 5.32 Å². The molecule has 5 nitrogen and oxygen atoms in total. The smallest absolute Gasteiger partial charge is 0.330 e. The molecule has 2 aromatic rings. The van der Waals surface area contributed by atoms with Crippen LogP contribution in [0.4, 0.5) is 10.5 Å². The van der Waals surface area contributed by atoms with E-state index < -0.39 is 6.03 Å². The first kappa shape index (κ1) is 13.6. The molecular formula is C15H16N4OS. The maximum Gasteiger partial charge on any atom is 0.330 e. The van der Waals surface area contributed by atoms with Gasteiger partial charge < -0.3 is 11.1 Å². The number of hydrazine groups is 1. The van der Waals surface area contributed by atoms with Crippen molar-refractivity contribution in [1.82, 2.24) is 10.9 Å². The number of carbonyl (C=O) groups is 1. The summed E-state index contributed by atoms with van der Waals surface area (Å²) in [6.07, 6.45) is 2.53. The first-order chi connectivity index (χ1) is 10.1. The zero-order chi connectivity index (χ0) is 14.8. The van der Waals surface area contributed by atoms with Crippen LogP contribution in [0.15, 0.2) is 36.4 Å². The van der Waals surface area contributed by atoms with E-state index in [4.69, 9.17) is 18.0 Å². The highest BCUT2D eigenvalue weighted by atomic mass is 32.1. The Balaban J connectivity index is 1.87. The molecule has 0 bridgehead atoms. The molecule has 108 valence electrons. The predicted octanol–water partition coefficient (Wildman–Crippen LogP) is 2.59. The lowest BCUT2D eigenvalue weighted by atomic mass is 10.00. The van der Waals surface area contributed by atoms with Gasteiger partial charge in [-0.3, -0.25) is 5.43 Å². The SMILES string of the molecule is NC(=O)NNC(=S)Nc1ccc(C2CC2)c2ccccc12. The third-order valence-electron chi connectivity index (χ3n) is 3.52. The predicted molar refractivity (Wildman–Crippen MR) is 88.0 cm³/mol. The van der Waals surface area contributed by atoms with Gasteiger partial charge in [-0.05, 0) is 48.0 Å². The monoisotopic (exact) mass is 300 g/mol. The summed E-state index contributed by atoms with van der Waals surface area (Å²) in [6.45, 7) is 0. The lowest BCUT2D eigenvalue weighted by Gasteiger charge is -2.14. The molecular weight excluding hydrogens is 284 g/mol. The van der Waals surface area contributed by atoms with Crippen LogP contribution in [0.2, 0.25) is 0 Å². The summed E-state index contributed by atoms with van der Waals surface area (Å²) in [5.41, 5.74) is 12.1. The zero-order valence-electron chi connectivity index (χ0n) is 11.3. The largest absolute Gasteiger partial charge is 0.350 e. The van der Waals surface area contributed by atoms with E-state index in [0.717, 1.165) is 11.1 Å². The average Bonchev–Trinajstić information content (AvgIpc) is 3.30. The molecule has 1 fully saturated rings. The number of nitrogens with two attached hydrogens (primary N) is 1. The number of benzene rings is 2. The molecule has 0 aromatic heterocycles. The van der Waals surface area contributed by atoms with Crippen molar-refractivity contribution in [2.24, 2.45) is 5.73 Å². The highest BCUT2D eigenvalue weighted by molar-refractivity contribution is 7.80. The number of nitrogens with one attached hydrogen (secondary N) is 3. The summed E-state index contributed by atoms with van der Waals surface area (Å²) >= 11 is 5.12. The fourth-order valence-corrected chi connectivity index (χ4v) is 2.61. The van der Waals surface area contributed by atoms with Crippen molar-refractivity contribution in [1.29, 1.82) is 0 Å². The Bertz CT molecular complexity index is 712. The van der Waals surface area contributed by atoms with Gasteiger partial charge in [0.25, 0.3) is 0 Å². The van der Waals surface area contributed by atoms with Crippen LogP contribution in [0.3, 0.4) is 0 Å².